The van der Waals surface area contributed by atoms with Gasteiger partial charge in [0.05, 0.1) is 11.8 Å². The van der Waals surface area contributed by atoms with E-state index in [1.54, 1.807) is 0 Å². The highest BCUT2D eigenvalue weighted by atomic mass is 79.9. The summed E-state index contributed by atoms with van der Waals surface area (Å²) in [5.74, 6) is 0.772. The first kappa shape index (κ1) is 15.8. The van der Waals surface area contributed by atoms with E-state index in [-0.39, 0.29) is 12.1 Å². The number of hydrogen-bond acceptors (Lipinski definition) is 3. The predicted molar refractivity (Wildman–Crippen MR) is 87.9 cm³/mol. The third kappa shape index (κ3) is 3.96. The highest BCUT2D eigenvalue weighted by Crippen LogP contribution is 2.31. The molecule has 3 N–H and O–H groups in total. The molecule has 1 saturated heterocycles. The van der Waals surface area contributed by atoms with Gasteiger partial charge in [0.2, 0.25) is 0 Å². The van der Waals surface area contributed by atoms with Crippen LogP contribution in [0.5, 0.6) is 0 Å². The second-order valence-electron chi connectivity index (χ2n) is 6.27. The summed E-state index contributed by atoms with van der Waals surface area (Å²) in [6.45, 7) is 5.99. The van der Waals surface area contributed by atoms with E-state index in [9.17, 15) is 5.11 Å². The highest BCUT2D eigenvalue weighted by Gasteiger charge is 2.28. The maximum atomic E-state index is 10.1. The van der Waals surface area contributed by atoms with E-state index < -0.39 is 0 Å². The molecule has 20 heavy (non-hydrogen) atoms. The number of anilines is 1. The Morgan fingerprint density at radius 3 is 2.70 bits per heavy atom. The maximum absolute atomic E-state index is 10.1. The smallest absolute Gasteiger partial charge is 0.0566 e. The average molecular weight is 341 g/mol. The number of aliphatic hydroxyl groups excluding tert-OH is 1. The van der Waals surface area contributed by atoms with E-state index in [4.69, 9.17) is 5.73 Å². The Labute approximate surface area is 130 Å². The van der Waals surface area contributed by atoms with Crippen molar-refractivity contribution >= 4 is 21.6 Å². The van der Waals surface area contributed by atoms with E-state index >= 15 is 0 Å². The lowest BCUT2D eigenvalue weighted by Crippen LogP contribution is -2.48. The molecule has 0 spiro atoms. The van der Waals surface area contributed by atoms with Crippen LogP contribution in [0, 0.1) is 11.8 Å². The van der Waals surface area contributed by atoms with Gasteiger partial charge in [-0.2, -0.15) is 0 Å². The van der Waals surface area contributed by atoms with Crippen molar-refractivity contribution in [1.82, 2.24) is 0 Å². The second kappa shape index (κ2) is 6.92. The molecule has 3 atom stereocenters. The van der Waals surface area contributed by atoms with Gasteiger partial charge in [-0.25, -0.2) is 0 Å². The van der Waals surface area contributed by atoms with Crippen LogP contribution < -0.4 is 10.6 Å². The molecule has 0 bridgehead atoms. The largest absolute Gasteiger partial charge is 0.393 e. The summed E-state index contributed by atoms with van der Waals surface area (Å²) in [5.41, 5.74) is 7.42. The summed E-state index contributed by atoms with van der Waals surface area (Å²) in [6, 6.07) is 8.45. The van der Waals surface area contributed by atoms with E-state index in [1.807, 2.05) is 6.07 Å². The molecule has 4 heteroatoms. The summed E-state index contributed by atoms with van der Waals surface area (Å²) in [4.78, 5) is 2.34. The first-order valence-corrected chi connectivity index (χ1v) is 8.19. The van der Waals surface area contributed by atoms with Gasteiger partial charge in [-0.3, -0.25) is 0 Å². The number of nitrogens with zero attached hydrogens (tertiary/aromatic N) is 1. The fourth-order valence-corrected chi connectivity index (χ4v) is 3.47. The van der Waals surface area contributed by atoms with Gasteiger partial charge in [0.1, 0.15) is 0 Å². The molecule has 1 fully saturated rings. The zero-order valence-corrected chi connectivity index (χ0v) is 13.9. The number of para-hydroxylation sites is 1. The summed E-state index contributed by atoms with van der Waals surface area (Å²) in [5, 5.41) is 10.1. The Morgan fingerprint density at radius 2 is 2.05 bits per heavy atom. The number of halogens is 1. The van der Waals surface area contributed by atoms with E-state index in [2.05, 4.69) is 52.9 Å². The SMILES string of the molecule is CC(C)C(O)CC1CC(N)CN(c2ccccc2Br)C1. The number of rotatable bonds is 4. The van der Waals surface area contributed by atoms with Crippen molar-refractivity contribution in [2.45, 2.75) is 38.8 Å². The fraction of sp³-hybridized carbons (Fsp3) is 0.625. The molecule has 3 unspecified atom stereocenters. The van der Waals surface area contributed by atoms with Crippen molar-refractivity contribution in [3.8, 4) is 0 Å². The van der Waals surface area contributed by atoms with Gasteiger partial charge in [-0.15, -0.1) is 0 Å². The zero-order valence-electron chi connectivity index (χ0n) is 12.3. The number of benzene rings is 1. The summed E-state index contributed by atoms with van der Waals surface area (Å²) in [6.07, 6.45) is 1.61. The zero-order chi connectivity index (χ0) is 14.7. The molecule has 112 valence electrons. The molecule has 0 aromatic heterocycles. The minimum absolute atomic E-state index is 0.181. The number of hydrogen-bond donors (Lipinski definition) is 2. The van der Waals surface area contributed by atoms with Gasteiger partial charge in [0, 0.05) is 23.6 Å². The second-order valence-corrected chi connectivity index (χ2v) is 7.12. The number of piperidine rings is 1. The highest BCUT2D eigenvalue weighted by molar-refractivity contribution is 9.10. The summed E-state index contributed by atoms with van der Waals surface area (Å²) < 4.78 is 1.11. The molecule has 0 aliphatic carbocycles. The molecule has 0 radical (unpaired) electrons. The summed E-state index contributed by atoms with van der Waals surface area (Å²) in [7, 11) is 0. The predicted octanol–water partition coefficient (Wildman–Crippen LogP) is 3.01. The molecule has 1 heterocycles. The minimum atomic E-state index is -0.230. The van der Waals surface area contributed by atoms with Gasteiger partial charge in [0.25, 0.3) is 0 Å². The molecular formula is C16H25BrN2O. The van der Waals surface area contributed by atoms with Gasteiger partial charge >= 0.3 is 0 Å². The fourth-order valence-electron chi connectivity index (χ4n) is 2.94. The van der Waals surface area contributed by atoms with Crippen LogP contribution in [0.25, 0.3) is 0 Å². The molecule has 1 aromatic carbocycles. The third-order valence-corrected chi connectivity index (χ3v) is 4.78. The van der Waals surface area contributed by atoms with Gasteiger partial charge < -0.3 is 15.7 Å². The Hall–Kier alpha value is -0.580. The van der Waals surface area contributed by atoms with Crippen LogP contribution in [0.1, 0.15) is 26.7 Å². The van der Waals surface area contributed by atoms with Crippen molar-refractivity contribution in [1.29, 1.82) is 0 Å². The van der Waals surface area contributed by atoms with Crippen LogP contribution >= 0.6 is 15.9 Å². The molecular weight excluding hydrogens is 316 g/mol. The first-order chi connectivity index (χ1) is 9.47. The Balaban J connectivity index is 2.07. The van der Waals surface area contributed by atoms with E-state index in [1.165, 1.54) is 5.69 Å². The van der Waals surface area contributed by atoms with Crippen molar-refractivity contribution in [3.63, 3.8) is 0 Å². The normalized spacial score (nSPS) is 25.0. The first-order valence-electron chi connectivity index (χ1n) is 7.40. The third-order valence-electron chi connectivity index (χ3n) is 4.11. The van der Waals surface area contributed by atoms with Crippen molar-refractivity contribution in [2.24, 2.45) is 17.6 Å². The van der Waals surface area contributed by atoms with Crippen LogP contribution in [0.4, 0.5) is 5.69 Å². The minimum Gasteiger partial charge on any atom is -0.393 e. The molecule has 2 rings (SSSR count). The van der Waals surface area contributed by atoms with Gasteiger partial charge in [-0.1, -0.05) is 26.0 Å². The van der Waals surface area contributed by atoms with Gasteiger partial charge in [0.15, 0.2) is 0 Å². The lowest BCUT2D eigenvalue weighted by molar-refractivity contribution is 0.0922. The number of nitrogens with two attached hydrogens (primary N) is 1. The topological polar surface area (TPSA) is 49.5 Å². The standard InChI is InChI=1S/C16H25BrN2O/c1-11(2)16(20)8-12-7-13(18)10-19(9-12)15-6-4-3-5-14(15)17/h3-6,11-13,16,20H,7-10,18H2,1-2H3. The van der Waals surface area contributed by atoms with Crippen LogP contribution in [0.2, 0.25) is 0 Å². The lowest BCUT2D eigenvalue weighted by atomic mass is 9.87. The van der Waals surface area contributed by atoms with Crippen LogP contribution in [-0.2, 0) is 0 Å². The molecule has 1 aliphatic heterocycles. The Morgan fingerprint density at radius 1 is 1.35 bits per heavy atom. The van der Waals surface area contributed by atoms with E-state index in [0.29, 0.717) is 11.8 Å². The molecule has 0 amide bonds. The maximum Gasteiger partial charge on any atom is 0.0566 e. The number of aliphatic hydroxyl groups is 1. The van der Waals surface area contributed by atoms with Gasteiger partial charge in [-0.05, 0) is 52.7 Å². The lowest BCUT2D eigenvalue weighted by Gasteiger charge is -2.39. The van der Waals surface area contributed by atoms with Crippen LogP contribution in [-0.4, -0.2) is 30.3 Å². The molecule has 0 saturated carbocycles. The van der Waals surface area contributed by atoms with Crippen molar-refractivity contribution in [3.05, 3.63) is 28.7 Å². The molecule has 1 aliphatic rings. The van der Waals surface area contributed by atoms with E-state index in [0.717, 1.165) is 30.4 Å². The molecule has 1 aromatic rings. The Bertz CT molecular complexity index is 438. The summed E-state index contributed by atoms with van der Waals surface area (Å²) >= 11 is 3.61. The van der Waals surface area contributed by atoms with Crippen molar-refractivity contribution in [2.75, 3.05) is 18.0 Å². The Kier molecular flexibility index (Phi) is 5.47. The van der Waals surface area contributed by atoms with Crippen LogP contribution in [0.3, 0.4) is 0 Å². The monoisotopic (exact) mass is 340 g/mol. The van der Waals surface area contributed by atoms with Crippen molar-refractivity contribution < 1.29 is 5.11 Å². The average Bonchev–Trinajstić information content (AvgIpc) is 2.38. The molecule has 3 nitrogen and oxygen atoms in total. The quantitative estimate of drug-likeness (QED) is 0.885. The van der Waals surface area contributed by atoms with Crippen LogP contribution in [0.15, 0.2) is 28.7 Å².